The van der Waals surface area contributed by atoms with Gasteiger partial charge < -0.3 is 15.8 Å². The number of hydrogen-bond donors (Lipinski definition) is 2. The van der Waals surface area contributed by atoms with Crippen LogP contribution in [0.3, 0.4) is 0 Å². The van der Waals surface area contributed by atoms with Gasteiger partial charge in [-0.2, -0.15) is 0 Å². The van der Waals surface area contributed by atoms with Crippen LogP contribution < -0.4 is 11.1 Å². The molecule has 3 nitrogen and oxygen atoms in total. The van der Waals surface area contributed by atoms with Gasteiger partial charge in [0.05, 0.1) is 0 Å². The summed E-state index contributed by atoms with van der Waals surface area (Å²) in [6.45, 7) is 9.58. The molecule has 0 saturated heterocycles. The maximum atomic E-state index is 5.96. The van der Waals surface area contributed by atoms with E-state index in [1.165, 1.54) is 0 Å². The van der Waals surface area contributed by atoms with E-state index in [2.05, 4.69) is 26.1 Å². The second kappa shape index (κ2) is 9.13. The molecule has 0 spiro atoms. The zero-order valence-corrected chi connectivity index (χ0v) is 10.8. The molecule has 15 heavy (non-hydrogen) atoms. The Labute approximate surface area is 94.8 Å². The minimum atomic E-state index is 0.263. The van der Waals surface area contributed by atoms with Gasteiger partial charge in [0.15, 0.2) is 0 Å². The Hall–Kier alpha value is -0.120. The molecule has 0 saturated carbocycles. The summed E-state index contributed by atoms with van der Waals surface area (Å²) < 4.78 is 4.99. The van der Waals surface area contributed by atoms with E-state index in [0.717, 1.165) is 44.4 Å². The molecule has 0 bridgehead atoms. The van der Waals surface area contributed by atoms with E-state index in [4.69, 9.17) is 10.5 Å². The quantitative estimate of drug-likeness (QED) is 0.576. The molecule has 2 atom stereocenters. The van der Waals surface area contributed by atoms with Crippen molar-refractivity contribution in [1.82, 2.24) is 5.32 Å². The van der Waals surface area contributed by atoms with E-state index in [9.17, 15) is 0 Å². The maximum absolute atomic E-state index is 5.96. The van der Waals surface area contributed by atoms with Crippen molar-refractivity contribution in [2.45, 2.75) is 39.7 Å². The van der Waals surface area contributed by atoms with Crippen LogP contribution in [0.25, 0.3) is 0 Å². The van der Waals surface area contributed by atoms with E-state index in [-0.39, 0.29) is 6.04 Å². The van der Waals surface area contributed by atoms with Crippen molar-refractivity contribution >= 4 is 0 Å². The molecule has 0 radical (unpaired) electrons. The van der Waals surface area contributed by atoms with Gasteiger partial charge in [0.2, 0.25) is 0 Å². The van der Waals surface area contributed by atoms with E-state index >= 15 is 0 Å². The fourth-order valence-corrected chi connectivity index (χ4v) is 1.32. The predicted molar refractivity (Wildman–Crippen MR) is 66.0 cm³/mol. The monoisotopic (exact) mass is 216 g/mol. The molecule has 3 N–H and O–H groups in total. The zero-order valence-electron chi connectivity index (χ0n) is 10.8. The molecule has 0 fully saturated rings. The third-order valence-electron chi connectivity index (χ3n) is 2.93. The summed E-state index contributed by atoms with van der Waals surface area (Å²) in [5.74, 6) is 1.46. The first-order valence-corrected chi connectivity index (χ1v) is 6.03. The Kier molecular flexibility index (Phi) is 9.06. The van der Waals surface area contributed by atoms with Crippen LogP contribution in [-0.4, -0.2) is 32.8 Å². The molecule has 0 aromatic heterocycles. The lowest BCUT2D eigenvalue weighted by Crippen LogP contribution is -2.36. The second-order valence-electron chi connectivity index (χ2n) is 4.77. The molecule has 0 heterocycles. The summed E-state index contributed by atoms with van der Waals surface area (Å²) >= 11 is 0. The number of nitrogens with one attached hydrogen (secondary N) is 1. The first-order valence-electron chi connectivity index (χ1n) is 6.03. The molecule has 2 unspecified atom stereocenters. The van der Waals surface area contributed by atoms with Crippen LogP contribution in [0.4, 0.5) is 0 Å². The fourth-order valence-electron chi connectivity index (χ4n) is 1.32. The summed E-state index contributed by atoms with van der Waals surface area (Å²) in [5.41, 5.74) is 5.96. The van der Waals surface area contributed by atoms with Gasteiger partial charge in [0.25, 0.3) is 0 Å². The highest BCUT2D eigenvalue weighted by atomic mass is 16.5. The molecule has 0 aliphatic heterocycles. The molecule has 0 aromatic rings. The second-order valence-corrected chi connectivity index (χ2v) is 4.77. The largest absolute Gasteiger partial charge is 0.385 e. The Morgan fingerprint density at radius 1 is 1.20 bits per heavy atom. The molecule has 0 aliphatic carbocycles. The van der Waals surface area contributed by atoms with Crippen LogP contribution in [0.2, 0.25) is 0 Å². The molecule has 0 aliphatic rings. The molecule has 3 heteroatoms. The first kappa shape index (κ1) is 14.9. The Balaban J connectivity index is 3.34. The molecule has 0 rings (SSSR count). The van der Waals surface area contributed by atoms with Crippen LogP contribution in [0.1, 0.15) is 33.6 Å². The lowest BCUT2D eigenvalue weighted by atomic mass is 9.98. The SMILES string of the molecule is COCCCC(N)CNCC(C)C(C)C. The summed E-state index contributed by atoms with van der Waals surface area (Å²) in [6.07, 6.45) is 2.09. The Bertz CT molecular complexity index is 140. The number of ether oxygens (including phenoxy) is 1. The van der Waals surface area contributed by atoms with Gasteiger partial charge >= 0.3 is 0 Å². The molecular formula is C12H28N2O. The lowest BCUT2D eigenvalue weighted by Gasteiger charge is -2.18. The highest BCUT2D eigenvalue weighted by Gasteiger charge is 2.07. The number of methoxy groups -OCH3 is 1. The number of hydrogen-bond acceptors (Lipinski definition) is 3. The zero-order chi connectivity index (χ0) is 11.7. The summed E-state index contributed by atoms with van der Waals surface area (Å²) in [7, 11) is 1.73. The van der Waals surface area contributed by atoms with Gasteiger partial charge in [-0.3, -0.25) is 0 Å². The van der Waals surface area contributed by atoms with Gasteiger partial charge in [-0.05, 0) is 31.2 Å². The summed E-state index contributed by atoms with van der Waals surface area (Å²) in [6, 6.07) is 0.263. The van der Waals surface area contributed by atoms with Gasteiger partial charge in [0, 0.05) is 26.3 Å². The van der Waals surface area contributed by atoms with Crippen molar-refractivity contribution in [2.75, 3.05) is 26.8 Å². The molecule has 0 aromatic carbocycles. The van der Waals surface area contributed by atoms with Crippen LogP contribution >= 0.6 is 0 Å². The Morgan fingerprint density at radius 3 is 2.40 bits per heavy atom. The normalized spacial score (nSPS) is 15.6. The van der Waals surface area contributed by atoms with Crippen molar-refractivity contribution in [2.24, 2.45) is 17.6 Å². The van der Waals surface area contributed by atoms with Crippen LogP contribution in [-0.2, 0) is 4.74 Å². The van der Waals surface area contributed by atoms with E-state index in [1.807, 2.05) is 0 Å². The van der Waals surface area contributed by atoms with Gasteiger partial charge in [0.1, 0.15) is 0 Å². The topological polar surface area (TPSA) is 47.3 Å². The molecular weight excluding hydrogens is 188 g/mol. The predicted octanol–water partition coefficient (Wildman–Crippen LogP) is 1.62. The van der Waals surface area contributed by atoms with E-state index in [0.29, 0.717) is 0 Å². The smallest absolute Gasteiger partial charge is 0.0462 e. The van der Waals surface area contributed by atoms with Crippen molar-refractivity contribution in [3.05, 3.63) is 0 Å². The maximum Gasteiger partial charge on any atom is 0.0462 e. The Morgan fingerprint density at radius 2 is 1.87 bits per heavy atom. The number of nitrogens with two attached hydrogens (primary N) is 1. The summed E-state index contributed by atoms with van der Waals surface area (Å²) in [4.78, 5) is 0. The van der Waals surface area contributed by atoms with Gasteiger partial charge in [-0.25, -0.2) is 0 Å². The minimum Gasteiger partial charge on any atom is -0.385 e. The van der Waals surface area contributed by atoms with Crippen molar-refractivity contribution in [3.63, 3.8) is 0 Å². The first-order chi connectivity index (χ1) is 7.07. The van der Waals surface area contributed by atoms with Crippen LogP contribution in [0.5, 0.6) is 0 Å². The molecule has 0 amide bonds. The average molecular weight is 216 g/mol. The third-order valence-corrected chi connectivity index (χ3v) is 2.93. The van der Waals surface area contributed by atoms with E-state index < -0.39 is 0 Å². The minimum absolute atomic E-state index is 0.263. The highest BCUT2D eigenvalue weighted by molar-refractivity contribution is 4.67. The van der Waals surface area contributed by atoms with Gasteiger partial charge in [-0.1, -0.05) is 20.8 Å². The highest BCUT2D eigenvalue weighted by Crippen LogP contribution is 2.07. The average Bonchev–Trinajstić information content (AvgIpc) is 2.18. The van der Waals surface area contributed by atoms with Crippen molar-refractivity contribution in [3.8, 4) is 0 Å². The number of rotatable bonds is 9. The van der Waals surface area contributed by atoms with Gasteiger partial charge in [-0.15, -0.1) is 0 Å². The van der Waals surface area contributed by atoms with E-state index in [1.54, 1.807) is 7.11 Å². The van der Waals surface area contributed by atoms with Crippen molar-refractivity contribution in [1.29, 1.82) is 0 Å². The lowest BCUT2D eigenvalue weighted by molar-refractivity contribution is 0.190. The van der Waals surface area contributed by atoms with Crippen LogP contribution in [0, 0.1) is 11.8 Å². The fraction of sp³-hybridized carbons (Fsp3) is 1.00. The van der Waals surface area contributed by atoms with Crippen molar-refractivity contribution < 1.29 is 4.74 Å². The molecule has 92 valence electrons. The third kappa shape index (κ3) is 8.85. The van der Waals surface area contributed by atoms with Crippen LogP contribution in [0.15, 0.2) is 0 Å². The standard InChI is InChI=1S/C12H28N2O/c1-10(2)11(3)8-14-9-12(13)6-5-7-15-4/h10-12,14H,5-9,13H2,1-4H3. The summed E-state index contributed by atoms with van der Waals surface area (Å²) in [5, 5.41) is 3.43.